The van der Waals surface area contributed by atoms with Crippen molar-refractivity contribution in [1.29, 1.82) is 0 Å². The molecule has 0 heterocycles. The summed E-state index contributed by atoms with van der Waals surface area (Å²) in [6.45, 7) is 3.33. The second kappa shape index (κ2) is 8.41. The van der Waals surface area contributed by atoms with Gasteiger partial charge in [-0.3, -0.25) is 4.79 Å². The molecule has 0 bridgehead atoms. The third kappa shape index (κ3) is 4.89. The summed E-state index contributed by atoms with van der Waals surface area (Å²) in [5, 5.41) is 14.6. The van der Waals surface area contributed by atoms with Crippen LogP contribution in [0.25, 0.3) is 0 Å². The summed E-state index contributed by atoms with van der Waals surface area (Å²) >= 11 is 5.06. The van der Waals surface area contributed by atoms with Crippen LogP contribution in [0, 0.1) is 22.1 Å². The Morgan fingerprint density at radius 3 is 2.60 bits per heavy atom. The first-order valence-electron chi connectivity index (χ1n) is 7.37. The summed E-state index contributed by atoms with van der Waals surface area (Å²) in [5.41, 5.74) is 1.06. The zero-order chi connectivity index (χ0) is 18.7. The molecule has 1 unspecified atom stereocenters. The normalized spacial score (nSPS) is 12.0. The van der Waals surface area contributed by atoms with E-state index in [1.807, 2.05) is 19.1 Å². The zero-order valence-electron chi connectivity index (χ0n) is 13.5. The first-order valence-corrected chi connectivity index (χ1v) is 9.24. The van der Waals surface area contributed by atoms with E-state index in [2.05, 4.69) is 49.2 Å². The van der Waals surface area contributed by atoms with E-state index in [-0.39, 0.29) is 22.3 Å². The first-order chi connectivity index (χ1) is 11.7. The second-order valence-corrected chi connectivity index (χ2v) is 7.65. The number of nitrogens with one attached hydrogen (secondary N) is 2. The van der Waals surface area contributed by atoms with Gasteiger partial charge < -0.3 is 15.7 Å². The van der Waals surface area contributed by atoms with E-state index in [0.29, 0.717) is 5.69 Å². The quantitative estimate of drug-likeness (QED) is 0.399. The largest absolute Gasteiger partial charge is 0.392 e. The van der Waals surface area contributed by atoms with Gasteiger partial charge in [-0.05, 0) is 82.2 Å². The summed E-state index contributed by atoms with van der Waals surface area (Å²) in [7, 11) is 0. The number of benzene rings is 2. The van der Waals surface area contributed by atoms with Crippen molar-refractivity contribution in [2.45, 2.75) is 20.0 Å². The van der Waals surface area contributed by atoms with Crippen molar-refractivity contribution in [1.82, 2.24) is 5.32 Å². The summed E-state index contributed by atoms with van der Waals surface area (Å²) in [4.78, 5) is 12.3. The highest BCUT2D eigenvalue weighted by Gasteiger charge is 2.22. The Labute approximate surface area is 166 Å². The van der Waals surface area contributed by atoms with Crippen LogP contribution in [0.3, 0.4) is 0 Å². The maximum absolute atomic E-state index is 14.5. The van der Waals surface area contributed by atoms with Crippen LogP contribution in [0.15, 0.2) is 28.7 Å². The minimum atomic E-state index is -1.16. The second-order valence-electron chi connectivity index (χ2n) is 5.55. The molecule has 0 saturated heterocycles. The van der Waals surface area contributed by atoms with Crippen molar-refractivity contribution >= 4 is 55.8 Å². The molecule has 0 aliphatic carbocycles. The number of aliphatic hydroxyl groups excluding tert-OH is 1. The highest BCUT2D eigenvalue weighted by atomic mass is 127. The molecule has 0 aliphatic rings. The lowest BCUT2D eigenvalue weighted by Gasteiger charge is -2.16. The maximum atomic E-state index is 14.5. The maximum Gasteiger partial charge on any atom is 0.253 e. The highest BCUT2D eigenvalue weighted by Crippen LogP contribution is 2.32. The number of hydrogen-bond donors (Lipinski definition) is 3. The molecule has 4 nitrogen and oxygen atoms in total. The number of halogens is 4. The molecule has 1 atom stereocenters. The lowest BCUT2D eigenvalue weighted by molar-refractivity contribution is 0.0924. The highest BCUT2D eigenvalue weighted by molar-refractivity contribution is 14.1. The van der Waals surface area contributed by atoms with Gasteiger partial charge in [-0.15, -0.1) is 0 Å². The van der Waals surface area contributed by atoms with E-state index < -0.39 is 23.6 Å². The Morgan fingerprint density at radius 2 is 2.00 bits per heavy atom. The van der Waals surface area contributed by atoms with Crippen LogP contribution in [0.2, 0.25) is 0 Å². The van der Waals surface area contributed by atoms with Crippen LogP contribution in [0.5, 0.6) is 0 Å². The SMILES string of the molecule is Cc1cc(I)ccc1Nc1c(C(=O)NCC(C)O)cc(Br)c(F)c1F. The number of carbonyl (C=O) groups is 1. The van der Waals surface area contributed by atoms with Crippen molar-refractivity contribution in [2.75, 3.05) is 11.9 Å². The standard InChI is InChI=1S/C17H16BrF2IN2O2/c1-8-5-10(21)3-4-13(8)23-16-11(17(25)22-7-9(2)24)6-12(18)14(19)15(16)20/h3-6,9,23-24H,7H2,1-2H3,(H,22,25). The van der Waals surface area contributed by atoms with Gasteiger partial charge in [0.25, 0.3) is 5.91 Å². The number of hydrogen-bond acceptors (Lipinski definition) is 3. The molecule has 0 radical (unpaired) electrons. The Bertz CT molecular complexity index is 816. The van der Waals surface area contributed by atoms with Gasteiger partial charge in [0.2, 0.25) is 0 Å². The van der Waals surface area contributed by atoms with Crippen LogP contribution in [0.1, 0.15) is 22.8 Å². The molecular weight excluding hydrogens is 509 g/mol. The van der Waals surface area contributed by atoms with E-state index in [9.17, 15) is 18.7 Å². The number of carbonyl (C=O) groups excluding carboxylic acids is 1. The van der Waals surface area contributed by atoms with Gasteiger partial charge in [-0.25, -0.2) is 8.78 Å². The minimum Gasteiger partial charge on any atom is -0.392 e. The van der Waals surface area contributed by atoms with Gasteiger partial charge in [0.15, 0.2) is 11.6 Å². The van der Waals surface area contributed by atoms with Gasteiger partial charge in [-0.1, -0.05) is 0 Å². The van der Waals surface area contributed by atoms with Gasteiger partial charge in [-0.2, -0.15) is 0 Å². The van der Waals surface area contributed by atoms with Crippen LogP contribution < -0.4 is 10.6 Å². The van der Waals surface area contributed by atoms with E-state index >= 15 is 0 Å². The fourth-order valence-corrected chi connectivity index (χ4v) is 3.18. The molecule has 1 amide bonds. The molecule has 0 aliphatic heterocycles. The van der Waals surface area contributed by atoms with E-state index in [1.165, 1.54) is 13.0 Å². The Hall–Kier alpha value is -1.26. The Balaban J connectivity index is 2.47. The molecule has 0 fully saturated rings. The van der Waals surface area contributed by atoms with E-state index in [4.69, 9.17) is 0 Å². The van der Waals surface area contributed by atoms with Gasteiger partial charge in [0.05, 0.1) is 21.8 Å². The summed E-state index contributed by atoms with van der Waals surface area (Å²) in [6.07, 6.45) is -0.757. The Kier molecular flexibility index (Phi) is 6.75. The van der Waals surface area contributed by atoms with Crippen molar-refractivity contribution in [3.63, 3.8) is 0 Å². The summed E-state index contributed by atoms with van der Waals surface area (Å²) < 4.78 is 29.3. The van der Waals surface area contributed by atoms with Crippen molar-refractivity contribution < 1.29 is 18.7 Å². The molecule has 2 aromatic carbocycles. The predicted molar refractivity (Wildman–Crippen MR) is 105 cm³/mol. The monoisotopic (exact) mass is 524 g/mol. The average Bonchev–Trinajstić information content (AvgIpc) is 2.54. The average molecular weight is 525 g/mol. The van der Waals surface area contributed by atoms with Crippen LogP contribution in [0.4, 0.5) is 20.2 Å². The third-order valence-corrected chi connectivity index (χ3v) is 4.66. The fraction of sp³-hybridized carbons (Fsp3) is 0.235. The van der Waals surface area contributed by atoms with Crippen molar-refractivity contribution in [3.05, 3.63) is 55.1 Å². The lowest BCUT2D eigenvalue weighted by atomic mass is 10.1. The first kappa shape index (κ1) is 20.1. The minimum absolute atomic E-state index is 0.00253. The lowest BCUT2D eigenvalue weighted by Crippen LogP contribution is -2.31. The topological polar surface area (TPSA) is 61.4 Å². The van der Waals surface area contributed by atoms with Gasteiger partial charge >= 0.3 is 0 Å². The van der Waals surface area contributed by atoms with E-state index in [1.54, 1.807) is 6.07 Å². The molecule has 0 aromatic heterocycles. The Morgan fingerprint density at radius 1 is 1.32 bits per heavy atom. The zero-order valence-corrected chi connectivity index (χ0v) is 17.2. The van der Waals surface area contributed by atoms with Gasteiger partial charge in [0.1, 0.15) is 0 Å². The molecule has 134 valence electrons. The van der Waals surface area contributed by atoms with Crippen molar-refractivity contribution in [2.24, 2.45) is 0 Å². The third-order valence-electron chi connectivity index (χ3n) is 3.41. The smallest absolute Gasteiger partial charge is 0.253 e. The molecular formula is C17H16BrF2IN2O2. The fourth-order valence-electron chi connectivity index (χ4n) is 2.13. The number of aryl methyl sites for hydroxylation is 1. The molecule has 0 spiro atoms. The number of aliphatic hydroxyl groups is 1. The number of amides is 1. The molecule has 3 N–H and O–H groups in total. The molecule has 2 aromatic rings. The number of rotatable bonds is 5. The summed E-state index contributed by atoms with van der Waals surface area (Å²) in [6, 6.07) is 6.63. The molecule has 8 heteroatoms. The van der Waals surface area contributed by atoms with E-state index in [0.717, 1.165) is 9.13 Å². The number of anilines is 2. The summed E-state index contributed by atoms with van der Waals surface area (Å²) in [5.74, 6) is -2.86. The van der Waals surface area contributed by atoms with Gasteiger partial charge in [0, 0.05) is 15.8 Å². The van der Waals surface area contributed by atoms with Crippen LogP contribution in [-0.4, -0.2) is 23.7 Å². The molecule has 0 saturated carbocycles. The predicted octanol–water partition coefficient (Wildman–Crippen LogP) is 4.49. The van der Waals surface area contributed by atoms with Crippen molar-refractivity contribution in [3.8, 4) is 0 Å². The van der Waals surface area contributed by atoms with Crippen LogP contribution >= 0.6 is 38.5 Å². The molecule has 25 heavy (non-hydrogen) atoms. The van der Waals surface area contributed by atoms with Crippen LogP contribution in [-0.2, 0) is 0 Å². The molecule has 2 rings (SSSR count).